The molecule has 3 aromatic carbocycles. The van der Waals surface area contributed by atoms with Crippen LogP contribution in [-0.4, -0.2) is 52.7 Å². The van der Waals surface area contributed by atoms with Crippen molar-refractivity contribution < 1.29 is 33.3 Å². The Balaban J connectivity index is 1.57. The lowest BCUT2D eigenvalue weighted by atomic mass is 9.95. The zero-order chi connectivity index (χ0) is 33.4. The Labute approximate surface area is 267 Å². The highest BCUT2D eigenvalue weighted by molar-refractivity contribution is 5.95. The Morgan fingerprint density at radius 2 is 1.54 bits per heavy atom. The van der Waals surface area contributed by atoms with Crippen LogP contribution in [0.5, 0.6) is 23.0 Å². The number of rotatable bonds is 12. The number of amides is 3. The molecular weight excluding hydrogens is 592 g/mol. The van der Waals surface area contributed by atoms with Gasteiger partial charge in [0.25, 0.3) is 0 Å². The molecule has 12 nitrogen and oxygen atoms in total. The van der Waals surface area contributed by atoms with Crippen LogP contribution in [0, 0.1) is 0 Å². The van der Waals surface area contributed by atoms with Crippen molar-refractivity contribution >= 4 is 34.8 Å². The topological polar surface area (TPSA) is 153 Å². The van der Waals surface area contributed by atoms with Crippen molar-refractivity contribution in [3.8, 4) is 34.1 Å². The molecule has 0 saturated heterocycles. The van der Waals surface area contributed by atoms with E-state index in [-0.39, 0.29) is 29.6 Å². The fraction of sp³-hybridized carbons (Fsp3) is 0.353. The highest BCUT2D eigenvalue weighted by atomic mass is 16.5. The number of carbonyl (C=O) groups excluding carboxylic acids is 3. The standard InChI is InChI=1S/C34H40N4O8/c1-19(39)36-22-10-14-29(43-3)27(17-22)38-31(42)8-7-15-35-26-13-11-23-24(18-28(26)41)25(37-20(2)40)12-9-21-16-30(44-4)33(45-5)34(46-6)32(21)23/h10-11,13-14,16-18,25H,7-9,12,15H2,1-6H3,(H,35,41)(H,36,39)(H,37,40)(H,38,42)/t25-/m0/s1. The Morgan fingerprint density at radius 3 is 2.20 bits per heavy atom. The van der Waals surface area contributed by atoms with Crippen LogP contribution in [0.1, 0.15) is 50.3 Å². The quantitative estimate of drug-likeness (QED) is 0.209. The molecule has 1 aliphatic carbocycles. The molecule has 3 amide bonds. The first kappa shape index (κ1) is 33.6. The molecule has 0 radical (unpaired) electrons. The fourth-order valence-electron chi connectivity index (χ4n) is 5.63. The minimum atomic E-state index is -0.417. The van der Waals surface area contributed by atoms with Gasteiger partial charge in [0.15, 0.2) is 11.5 Å². The average Bonchev–Trinajstić information content (AvgIpc) is 3.26. The first-order valence-corrected chi connectivity index (χ1v) is 14.9. The maximum absolute atomic E-state index is 13.5. The van der Waals surface area contributed by atoms with Gasteiger partial charge in [0.05, 0.1) is 45.9 Å². The van der Waals surface area contributed by atoms with Crippen LogP contribution in [-0.2, 0) is 20.8 Å². The van der Waals surface area contributed by atoms with E-state index in [1.807, 2.05) is 12.1 Å². The van der Waals surface area contributed by atoms with Crippen LogP contribution in [0.3, 0.4) is 0 Å². The second kappa shape index (κ2) is 15.2. The molecule has 244 valence electrons. The average molecular weight is 633 g/mol. The van der Waals surface area contributed by atoms with Gasteiger partial charge in [-0.25, -0.2) is 0 Å². The van der Waals surface area contributed by atoms with E-state index in [0.717, 1.165) is 16.7 Å². The molecule has 1 aliphatic rings. The summed E-state index contributed by atoms with van der Waals surface area (Å²) in [5.74, 6) is 1.19. The SMILES string of the molecule is COc1ccc(NC(C)=O)cc1NC(=O)CCCNc1ccc2c(cc1=O)[C@@H](NC(C)=O)CCc1cc(OC)c(OC)c(OC)c1-2. The number of methoxy groups -OCH3 is 4. The Bertz CT molecular complexity index is 1690. The number of anilines is 3. The molecule has 4 N–H and O–H groups in total. The fourth-order valence-corrected chi connectivity index (χ4v) is 5.63. The normalized spacial score (nSPS) is 13.2. The summed E-state index contributed by atoms with van der Waals surface area (Å²) in [6.07, 6.45) is 1.75. The third-order valence-electron chi connectivity index (χ3n) is 7.61. The maximum Gasteiger partial charge on any atom is 0.224 e. The third-order valence-corrected chi connectivity index (χ3v) is 7.61. The summed E-state index contributed by atoms with van der Waals surface area (Å²) in [6.45, 7) is 3.20. The van der Waals surface area contributed by atoms with Crippen LogP contribution in [0.4, 0.5) is 17.1 Å². The van der Waals surface area contributed by atoms with Gasteiger partial charge >= 0.3 is 0 Å². The summed E-state index contributed by atoms with van der Waals surface area (Å²) in [4.78, 5) is 49.8. The van der Waals surface area contributed by atoms with E-state index in [2.05, 4.69) is 21.3 Å². The minimum Gasteiger partial charge on any atom is -0.495 e. The smallest absolute Gasteiger partial charge is 0.224 e. The van der Waals surface area contributed by atoms with Gasteiger partial charge < -0.3 is 40.2 Å². The molecule has 0 aliphatic heterocycles. The van der Waals surface area contributed by atoms with E-state index in [9.17, 15) is 19.2 Å². The zero-order valence-electron chi connectivity index (χ0n) is 26.9. The van der Waals surface area contributed by atoms with Crippen molar-refractivity contribution in [3.63, 3.8) is 0 Å². The number of carbonyl (C=O) groups is 3. The van der Waals surface area contributed by atoms with E-state index in [1.54, 1.807) is 44.6 Å². The lowest BCUT2D eigenvalue weighted by Gasteiger charge is -2.19. The number of ether oxygens (including phenoxy) is 4. The highest BCUT2D eigenvalue weighted by Gasteiger charge is 2.29. The summed E-state index contributed by atoms with van der Waals surface area (Å²) in [5.41, 5.74) is 4.13. The molecule has 46 heavy (non-hydrogen) atoms. The van der Waals surface area contributed by atoms with Gasteiger partial charge in [0, 0.05) is 38.1 Å². The van der Waals surface area contributed by atoms with Crippen LogP contribution in [0.2, 0.25) is 0 Å². The van der Waals surface area contributed by atoms with E-state index in [0.29, 0.717) is 71.4 Å². The van der Waals surface area contributed by atoms with Gasteiger partial charge in [0.2, 0.25) is 28.9 Å². The van der Waals surface area contributed by atoms with Crippen molar-refractivity contribution in [1.82, 2.24) is 5.32 Å². The molecule has 0 aromatic heterocycles. The van der Waals surface area contributed by atoms with Gasteiger partial charge in [-0.1, -0.05) is 6.07 Å². The van der Waals surface area contributed by atoms with Gasteiger partial charge in [-0.3, -0.25) is 19.2 Å². The molecule has 0 fully saturated rings. The van der Waals surface area contributed by atoms with Crippen molar-refractivity contribution in [2.75, 3.05) is 50.9 Å². The lowest BCUT2D eigenvalue weighted by molar-refractivity contribution is -0.120. The van der Waals surface area contributed by atoms with E-state index in [1.165, 1.54) is 28.1 Å². The van der Waals surface area contributed by atoms with Crippen molar-refractivity contribution in [1.29, 1.82) is 0 Å². The second-order valence-electron chi connectivity index (χ2n) is 10.8. The molecule has 0 heterocycles. The molecule has 0 bridgehead atoms. The number of aryl methyl sites for hydroxylation is 1. The molecule has 0 spiro atoms. The maximum atomic E-state index is 13.5. The van der Waals surface area contributed by atoms with Gasteiger partial charge in [-0.05, 0) is 72.4 Å². The van der Waals surface area contributed by atoms with Crippen molar-refractivity contribution in [3.05, 3.63) is 63.8 Å². The number of benzene rings is 2. The first-order valence-electron chi connectivity index (χ1n) is 14.9. The zero-order valence-corrected chi connectivity index (χ0v) is 26.9. The summed E-state index contributed by atoms with van der Waals surface area (Å²) >= 11 is 0. The summed E-state index contributed by atoms with van der Waals surface area (Å²) in [7, 11) is 6.14. The largest absolute Gasteiger partial charge is 0.495 e. The molecule has 0 unspecified atom stereocenters. The number of hydrogen-bond acceptors (Lipinski definition) is 9. The Morgan fingerprint density at radius 1 is 0.804 bits per heavy atom. The summed E-state index contributed by atoms with van der Waals surface area (Å²) in [5, 5.41) is 11.7. The monoisotopic (exact) mass is 632 g/mol. The van der Waals surface area contributed by atoms with Gasteiger partial charge in [0.1, 0.15) is 5.75 Å². The number of fused-ring (bicyclic) bond motifs is 3. The Kier molecular flexibility index (Phi) is 11.1. The van der Waals surface area contributed by atoms with Crippen LogP contribution in [0.25, 0.3) is 11.1 Å². The van der Waals surface area contributed by atoms with Gasteiger partial charge in [-0.2, -0.15) is 0 Å². The predicted octanol–water partition coefficient (Wildman–Crippen LogP) is 4.66. The molecular formula is C34H40N4O8. The highest BCUT2D eigenvalue weighted by Crippen LogP contribution is 2.50. The predicted molar refractivity (Wildman–Crippen MR) is 176 cm³/mol. The summed E-state index contributed by atoms with van der Waals surface area (Å²) in [6, 6.07) is 11.5. The van der Waals surface area contributed by atoms with E-state index >= 15 is 0 Å². The molecule has 12 heteroatoms. The van der Waals surface area contributed by atoms with Crippen LogP contribution < -0.4 is 45.6 Å². The third kappa shape index (κ3) is 7.68. The van der Waals surface area contributed by atoms with Crippen LogP contribution >= 0.6 is 0 Å². The van der Waals surface area contributed by atoms with Crippen molar-refractivity contribution in [2.24, 2.45) is 0 Å². The molecule has 3 aromatic rings. The van der Waals surface area contributed by atoms with E-state index < -0.39 is 6.04 Å². The number of hydrogen-bond donors (Lipinski definition) is 4. The van der Waals surface area contributed by atoms with Crippen molar-refractivity contribution in [2.45, 2.75) is 45.6 Å². The van der Waals surface area contributed by atoms with E-state index in [4.69, 9.17) is 18.9 Å². The van der Waals surface area contributed by atoms with Gasteiger partial charge in [-0.15, -0.1) is 0 Å². The Hall–Kier alpha value is -5.26. The molecule has 1 atom stereocenters. The molecule has 0 saturated carbocycles. The first-order chi connectivity index (χ1) is 22.1. The second-order valence-corrected chi connectivity index (χ2v) is 10.8. The van der Waals surface area contributed by atoms with Crippen LogP contribution in [0.15, 0.2) is 47.3 Å². The number of nitrogens with one attached hydrogen (secondary N) is 4. The minimum absolute atomic E-state index is 0.168. The summed E-state index contributed by atoms with van der Waals surface area (Å²) < 4.78 is 22.4. The lowest BCUT2D eigenvalue weighted by Crippen LogP contribution is -2.26. The molecule has 4 rings (SSSR count).